The third kappa shape index (κ3) is 3.88. The number of H-pyrrole nitrogens is 1. The van der Waals surface area contributed by atoms with Crippen molar-refractivity contribution in [1.82, 2.24) is 45.2 Å². The van der Waals surface area contributed by atoms with Gasteiger partial charge in [-0.15, -0.1) is 0 Å². The second kappa shape index (κ2) is 8.18. The third-order valence-electron chi connectivity index (χ3n) is 7.06. The minimum atomic E-state index is -0.449. The van der Waals surface area contributed by atoms with Crippen LogP contribution < -0.4 is 10.6 Å². The van der Waals surface area contributed by atoms with E-state index in [1.807, 2.05) is 32.9 Å². The van der Waals surface area contributed by atoms with E-state index in [0.29, 0.717) is 23.1 Å². The summed E-state index contributed by atoms with van der Waals surface area (Å²) < 4.78 is 14.5. The van der Waals surface area contributed by atoms with Gasteiger partial charge in [0.1, 0.15) is 11.6 Å². The topological polar surface area (TPSA) is 139 Å². The highest BCUT2D eigenvalue weighted by Gasteiger charge is 2.72. The summed E-state index contributed by atoms with van der Waals surface area (Å²) in [6.07, 6.45) is 6.95. The van der Waals surface area contributed by atoms with Gasteiger partial charge >= 0.3 is 0 Å². The number of aromatic amines is 1. The van der Waals surface area contributed by atoms with E-state index >= 15 is 0 Å². The highest BCUT2D eigenvalue weighted by Crippen LogP contribution is 2.73. The maximum atomic E-state index is 13.2. The molecule has 0 bridgehead atoms. The minimum absolute atomic E-state index is 0.0225. The number of rotatable bonds is 7. The van der Waals surface area contributed by atoms with E-state index in [1.54, 1.807) is 6.20 Å². The molecule has 2 saturated carbocycles. The van der Waals surface area contributed by atoms with Crippen molar-refractivity contribution in [3.63, 3.8) is 0 Å². The van der Waals surface area contributed by atoms with Crippen LogP contribution >= 0.6 is 0 Å². The SMILES string of the molecule is Cc1cc(Nc2cc(C)[nH]n2)nc([C@@H]2C[C@]3(C(=O)N[C@@H](C)c4cnc(-n5cc(F)cn5)cn4)CC23)n1. The van der Waals surface area contributed by atoms with Gasteiger partial charge in [-0.25, -0.2) is 24.0 Å². The van der Waals surface area contributed by atoms with Gasteiger partial charge in [-0.2, -0.15) is 10.2 Å². The van der Waals surface area contributed by atoms with Crippen LogP contribution in [0.5, 0.6) is 0 Å². The Labute approximate surface area is 206 Å². The molecular weight excluding hydrogens is 463 g/mol. The summed E-state index contributed by atoms with van der Waals surface area (Å²) >= 11 is 0. The summed E-state index contributed by atoms with van der Waals surface area (Å²) in [7, 11) is 0. The first-order chi connectivity index (χ1) is 17.3. The van der Waals surface area contributed by atoms with Crippen LogP contribution in [-0.2, 0) is 4.79 Å². The maximum absolute atomic E-state index is 13.2. The molecule has 11 nitrogen and oxygen atoms in total. The quantitative estimate of drug-likeness (QED) is 0.361. The molecule has 4 aromatic rings. The number of nitrogens with zero attached hydrogens (tertiary/aromatic N) is 7. The van der Waals surface area contributed by atoms with Gasteiger partial charge in [0.25, 0.3) is 0 Å². The Bertz CT molecular complexity index is 1450. The predicted octanol–water partition coefficient (Wildman–Crippen LogP) is 3.05. The van der Waals surface area contributed by atoms with E-state index in [4.69, 9.17) is 4.98 Å². The monoisotopic (exact) mass is 488 g/mol. The molecule has 4 atom stereocenters. The van der Waals surface area contributed by atoms with Crippen molar-refractivity contribution in [2.45, 2.75) is 45.6 Å². The normalized spacial score (nSPS) is 22.9. The van der Waals surface area contributed by atoms with Crippen LogP contribution in [0.2, 0.25) is 0 Å². The molecular formula is C24H25FN10O. The summed E-state index contributed by atoms with van der Waals surface area (Å²) in [6, 6.07) is 3.48. The standard InChI is InChI=1S/C24H25FN10O/c1-12-4-19(31-20-5-13(2)33-34-20)32-22(29-12)16-6-24(7-17(16)24)23(36)30-14(3)18-9-27-21(10-26-18)35-11-15(25)8-28-35/h4-5,8-11,14,16-17H,6-7H2,1-3H3,(H,30,36)(H2,29,31,32,33,34)/t14-,16+,17?,24-/m0/s1. The lowest BCUT2D eigenvalue weighted by atomic mass is 9.73. The number of anilines is 2. The van der Waals surface area contributed by atoms with Crippen LogP contribution in [-0.4, -0.2) is 45.8 Å². The maximum Gasteiger partial charge on any atom is 0.227 e. The molecule has 0 spiro atoms. The van der Waals surface area contributed by atoms with Crippen molar-refractivity contribution < 1.29 is 9.18 Å². The Morgan fingerprint density at radius 3 is 2.69 bits per heavy atom. The molecule has 0 radical (unpaired) electrons. The Hall–Kier alpha value is -4.22. The fraction of sp³-hybridized carbons (Fsp3) is 0.375. The summed E-state index contributed by atoms with van der Waals surface area (Å²) in [4.78, 5) is 31.2. The van der Waals surface area contributed by atoms with Crippen molar-refractivity contribution in [2.24, 2.45) is 11.3 Å². The Kier molecular flexibility index (Phi) is 5.06. The molecule has 12 heteroatoms. The second-order valence-electron chi connectivity index (χ2n) is 9.69. The van der Waals surface area contributed by atoms with Gasteiger partial charge in [0.2, 0.25) is 5.91 Å². The predicted molar refractivity (Wildman–Crippen MR) is 127 cm³/mol. The molecule has 1 unspecified atom stereocenters. The molecule has 0 aromatic carbocycles. The van der Waals surface area contributed by atoms with Crippen LogP contribution in [0.4, 0.5) is 16.0 Å². The molecule has 184 valence electrons. The largest absolute Gasteiger partial charge is 0.347 e. The van der Waals surface area contributed by atoms with E-state index in [1.165, 1.54) is 17.1 Å². The molecule has 0 saturated heterocycles. The van der Waals surface area contributed by atoms with Crippen molar-refractivity contribution >= 4 is 17.5 Å². The molecule has 2 fully saturated rings. The first kappa shape index (κ1) is 22.3. The van der Waals surface area contributed by atoms with Crippen molar-refractivity contribution in [1.29, 1.82) is 0 Å². The fourth-order valence-corrected chi connectivity index (χ4v) is 5.04. The molecule has 3 N–H and O–H groups in total. The number of carbonyl (C=O) groups excluding carboxylic acids is 1. The lowest BCUT2D eigenvalue weighted by Gasteiger charge is -2.33. The fourth-order valence-electron chi connectivity index (χ4n) is 5.04. The summed E-state index contributed by atoms with van der Waals surface area (Å²) in [5, 5.41) is 17.3. The van der Waals surface area contributed by atoms with E-state index in [0.717, 1.165) is 36.3 Å². The number of halogens is 1. The third-order valence-corrected chi connectivity index (χ3v) is 7.06. The first-order valence-corrected chi connectivity index (χ1v) is 11.8. The minimum Gasteiger partial charge on any atom is -0.347 e. The highest BCUT2D eigenvalue weighted by molar-refractivity contribution is 5.88. The molecule has 4 aromatic heterocycles. The molecule has 6 rings (SSSR count). The summed E-state index contributed by atoms with van der Waals surface area (Å²) in [6.45, 7) is 5.75. The lowest BCUT2D eigenvalue weighted by Crippen LogP contribution is -2.41. The first-order valence-electron chi connectivity index (χ1n) is 11.8. The van der Waals surface area contributed by atoms with Gasteiger partial charge < -0.3 is 10.6 Å². The molecule has 2 aliphatic rings. The molecule has 36 heavy (non-hydrogen) atoms. The molecule has 0 aliphatic heterocycles. The zero-order valence-electron chi connectivity index (χ0n) is 20.0. The molecule has 1 amide bonds. The van der Waals surface area contributed by atoms with Gasteiger partial charge in [0.15, 0.2) is 17.5 Å². The number of aryl methyl sites for hydroxylation is 2. The second-order valence-corrected chi connectivity index (χ2v) is 9.69. The van der Waals surface area contributed by atoms with Crippen molar-refractivity contribution in [3.05, 3.63) is 65.6 Å². The number of fused-ring (bicyclic) bond motifs is 1. The van der Waals surface area contributed by atoms with Crippen molar-refractivity contribution in [2.75, 3.05) is 5.32 Å². The summed E-state index contributed by atoms with van der Waals surface area (Å²) in [5.41, 5.74) is 2.08. The summed E-state index contributed by atoms with van der Waals surface area (Å²) in [5.74, 6) is 2.52. The van der Waals surface area contributed by atoms with Crippen LogP contribution in [0, 0.1) is 31.0 Å². The molecule has 4 heterocycles. The van der Waals surface area contributed by atoms with Crippen molar-refractivity contribution in [3.8, 4) is 5.82 Å². The van der Waals surface area contributed by atoms with Gasteiger partial charge in [-0.3, -0.25) is 14.9 Å². The Morgan fingerprint density at radius 2 is 2.03 bits per heavy atom. The van der Waals surface area contributed by atoms with E-state index in [-0.39, 0.29) is 29.2 Å². The van der Waals surface area contributed by atoms with Crippen LogP contribution in [0.15, 0.2) is 36.9 Å². The average Bonchev–Trinajstić information content (AvgIpc) is 3.13. The smallest absolute Gasteiger partial charge is 0.227 e. The number of amides is 1. The van der Waals surface area contributed by atoms with E-state index < -0.39 is 5.82 Å². The number of carbonyl (C=O) groups is 1. The van der Waals surface area contributed by atoms with E-state index in [9.17, 15) is 9.18 Å². The van der Waals surface area contributed by atoms with E-state index in [2.05, 4.69) is 40.9 Å². The lowest BCUT2D eigenvalue weighted by molar-refractivity contribution is -0.130. The number of hydrogen-bond acceptors (Lipinski definition) is 8. The highest BCUT2D eigenvalue weighted by atomic mass is 19.1. The van der Waals surface area contributed by atoms with Gasteiger partial charge in [-0.05, 0) is 39.5 Å². The van der Waals surface area contributed by atoms with Crippen LogP contribution in [0.1, 0.15) is 54.6 Å². The number of aromatic nitrogens is 8. The Balaban J connectivity index is 1.09. The van der Waals surface area contributed by atoms with Gasteiger partial charge in [0.05, 0.1) is 41.9 Å². The number of nitrogens with one attached hydrogen (secondary N) is 3. The van der Waals surface area contributed by atoms with Gasteiger partial charge in [-0.1, -0.05) is 0 Å². The zero-order valence-corrected chi connectivity index (χ0v) is 20.0. The molecule has 2 aliphatic carbocycles. The zero-order chi connectivity index (χ0) is 25.0. The van der Waals surface area contributed by atoms with Crippen LogP contribution in [0.25, 0.3) is 5.82 Å². The average molecular weight is 489 g/mol. The number of hydrogen-bond donors (Lipinski definition) is 3. The van der Waals surface area contributed by atoms with Crippen LogP contribution in [0.3, 0.4) is 0 Å². The Morgan fingerprint density at radius 1 is 1.17 bits per heavy atom. The van der Waals surface area contributed by atoms with Gasteiger partial charge in [0, 0.05) is 29.4 Å².